The van der Waals surface area contributed by atoms with Crippen LogP contribution in [0.1, 0.15) is 66.2 Å². The molecule has 2 atom stereocenters. The van der Waals surface area contributed by atoms with Crippen LogP contribution >= 0.6 is 0 Å². The average Bonchev–Trinajstić information content (AvgIpc) is 2.02. The fraction of sp³-hybridized carbons (Fsp3) is 0.929. The zero-order valence-electron chi connectivity index (χ0n) is 11.8. The second kappa shape index (κ2) is 14.1. The fourth-order valence-corrected chi connectivity index (χ4v) is 1.83. The third-order valence-corrected chi connectivity index (χ3v) is 2.87. The van der Waals surface area contributed by atoms with Crippen molar-refractivity contribution < 1.29 is 12.4 Å². The molecule has 2 unspecified atom stereocenters. The van der Waals surface area contributed by atoms with E-state index in [1.54, 1.807) is 0 Å². The van der Waals surface area contributed by atoms with Gasteiger partial charge in [0.1, 0.15) is 0 Å². The van der Waals surface area contributed by atoms with Gasteiger partial charge in [-0.3, -0.25) is 0 Å². The predicted molar refractivity (Wildman–Crippen MR) is 72.0 cm³/mol. The van der Waals surface area contributed by atoms with E-state index < -0.39 is 0 Å². The third kappa shape index (κ3) is 17.5. The normalized spacial score (nSPS) is 13.9. The van der Waals surface area contributed by atoms with Crippen molar-refractivity contribution in [2.24, 2.45) is 17.8 Å². The second-order valence-corrected chi connectivity index (χ2v) is 5.47. The summed E-state index contributed by atoms with van der Waals surface area (Å²) in [7, 11) is 0. The van der Waals surface area contributed by atoms with Crippen molar-refractivity contribution in [3.8, 4) is 0 Å². The molecular weight excluding hydrogens is 228 g/mol. The first-order chi connectivity index (χ1) is 6.52. The van der Waals surface area contributed by atoms with Crippen LogP contribution in [0.2, 0.25) is 0 Å². The van der Waals surface area contributed by atoms with Gasteiger partial charge in [-0.25, -0.2) is 0 Å². The van der Waals surface area contributed by atoms with E-state index in [0.29, 0.717) is 5.92 Å². The van der Waals surface area contributed by atoms with E-state index in [4.69, 9.17) is 0 Å². The van der Waals surface area contributed by atoms with E-state index in [2.05, 4.69) is 34.6 Å². The van der Waals surface area contributed by atoms with E-state index in [1.165, 1.54) is 38.5 Å². The molecule has 0 nitrogen and oxygen atoms in total. The molecule has 0 aliphatic heterocycles. The monoisotopic (exact) mass is 256 g/mol. The van der Waals surface area contributed by atoms with Crippen molar-refractivity contribution in [3.05, 3.63) is 6.92 Å². The van der Waals surface area contributed by atoms with Gasteiger partial charge in [-0.05, 0) is 11.8 Å². The summed E-state index contributed by atoms with van der Waals surface area (Å²) >= 11 is 0. The first-order valence-electron chi connectivity index (χ1n) is 6.35. The van der Waals surface area contributed by atoms with Crippen molar-refractivity contribution in [2.75, 3.05) is 0 Å². The topological polar surface area (TPSA) is 0 Å². The summed E-state index contributed by atoms with van der Waals surface area (Å²) in [6, 6.07) is 0. The molecular formula is C14H29ClMg. The molecule has 0 radical (unpaired) electrons. The van der Waals surface area contributed by atoms with Crippen LogP contribution in [0.25, 0.3) is 0 Å². The Hall–Kier alpha value is 1.06. The van der Waals surface area contributed by atoms with Gasteiger partial charge in [0.2, 0.25) is 0 Å². The van der Waals surface area contributed by atoms with Gasteiger partial charge in [-0.2, -0.15) is 5.92 Å². The Balaban J connectivity index is -0.000000845. The van der Waals surface area contributed by atoms with Crippen molar-refractivity contribution in [1.82, 2.24) is 0 Å². The number of hydrogen-bond acceptors (Lipinski definition) is 0. The molecule has 0 heterocycles. The quantitative estimate of drug-likeness (QED) is 0.458. The van der Waals surface area contributed by atoms with Crippen LogP contribution in [0.3, 0.4) is 0 Å². The summed E-state index contributed by atoms with van der Waals surface area (Å²) in [5.41, 5.74) is 0. The molecule has 16 heavy (non-hydrogen) atoms. The molecule has 94 valence electrons. The molecule has 0 spiro atoms. The summed E-state index contributed by atoms with van der Waals surface area (Å²) in [4.78, 5) is 0. The number of hydrogen-bond donors (Lipinski definition) is 0. The zero-order chi connectivity index (χ0) is 11.0. The van der Waals surface area contributed by atoms with Gasteiger partial charge in [-0.15, -0.1) is 0 Å². The van der Waals surface area contributed by atoms with Gasteiger partial charge in [0.25, 0.3) is 0 Å². The van der Waals surface area contributed by atoms with Crippen LogP contribution < -0.4 is 12.4 Å². The summed E-state index contributed by atoms with van der Waals surface area (Å²) < 4.78 is 0. The van der Waals surface area contributed by atoms with Crippen molar-refractivity contribution in [2.45, 2.75) is 66.2 Å². The Bertz CT molecular complexity index is 110. The molecule has 0 aliphatic carbocycles. The summed E-state index contributed by atoms with van der Waals surface area (Å²) in [5, 5.41) is 0. The molecule has 2 heteroatoms. The Morgan fingerprint density at radius 3 is 1.62 bits per heavy atom. The first kappa shape index (κ1) is 22.3. The van der Waals surface area contributed by atoms with E-state index in [9.17, 15) is 0 Å². The summed E-state index contributed by atoms with van der Waals surface area (Å²) in [6.45, 7) is 13.3. The fourth-order valence-electron chi connectivity index (χ4n) is 1.83. The van der Waals surface area contributed by atoms with E-state index in [1.807, 2.05) is 0 Å². The van der Waals surface area contributed by atoms with Crippen LogP contribution in [0, 0.1) is 24.7 Å². The van der Waals surface area contributed by atoms with Gasteiger partial charge in [0.05, 0.1) is 0 Å². The van der Waals surface area contributed by atoms with Crippen LogP contribution in [0.4, 0.5) is 0 Å². The predicted octanol–water partition coefficient (Wildman–Crippen LogP) is 1.71. The maximum Gasteiger partial charge on any atom is 2.00 e. The Morgan fingerprint density at radius 1 is 0.812 bits per heavy atom. The Morgan fingerprint density at radius 2 is 1.25 bits per heavy atom. The van der Waals surface area contributed by atoms with Crippen LogP contribution in [-0.2, 0) is 0 Å². The molecule has 0 saturated carbocycles. The smallest absolute Gasteiger partial charge is 1.00 e. The van der Waals surface area contributed by atoms with E-state index in [0.717, 1.165) is 11.8 Å². The Labute approximate surface area is 126 Å². The minimum absolute atomic E-state index is 0. The van der Waals surface area contributed by atoms with Crippen molar-refractivity contribution in [1.29, 1.82) is 0 Å². The van der Waals surface area contributed by atoms with Gasteiger partial charge in [0.15, 0.2) is 0 Å². The number of halogens is 1. The zero-order valence-corrected chi connectivity index (χ0v) is 13.9. The second-order valence-electron chi connectivity index (χ2n) is 5.47. The maximum atomic E-state index is 4.02. The molecule has 0 N–H and O–H groups in total. The van der Waals surface area contributed by atoms with Crippen molar-refractivity contribution in [3.63, 3.8) is 0 Å². The van der Waals surface area contributed by atoms with E-state index >= 15 is 0 Å². The Kier molecular flexibility index (Phi) is 19.6. The van der Waals surface area contributed by atoms with Gasteiger partial charge in [0, 0.05) is 0 Å². The molecule has 0 aliphatic rings. The number of rotatable bonds is 8. The van der Waals surface area contributed by atoms with Crippen molar-refractivity contribution >= 4 is 23.1 Å². The van der Waals surface area contributed by atoms with Gasteiger partial charge >= 0.3 is 23.1 Å². The van der Waals surface area contributed by atoms with Crippen LogP contribution in [0.15, 0.2) is 0 Å². The van der Waals surface area contributed by atoms with Gasteiger partial charge < -0.3 is 19.3 Å². The molecule has 0 aromatic carbocycles. The molecule has 0 aromatic rings. The summed E-state index contributed by atoms with van der Waals surface area (Å²) in [6.07, 6.45) is 8.30. The molecule has 0 fully saturated rings. The minimum Gasteiger partial charge on any atom is -1.00 e. The molecule has 0 saturated heterocycles. The van der Waals surface area contributed by atoms with Gasteiger partial charge in [-0.1, -0.05) is 66.2 Å². The third-order valence-electron chi connectivity index (χ3n) is 2.87. The standard InChI is InChI=1S/C14H29.ClH.Mg/c1-12(2)8-6-10-14(5)11-7-9-13(3)4;;/h12-14H,1,6-11H2,2-5H3;1H;/q-1;;+2/p-1. The molecule has 0 rings (SSSR count). The molecule has 0 bridgehead atoms. The van der Waals surface area contributed by atoms with Crippen LogP contribution in [-0.4, -0.2) is 23.1 Å². The molecule has 0 amide bonds. The van der Waals surface area contributed by atoms with Crippen LogP contribution in [0.5, 0.6) is 0 Å². The maximum absolute atomic E-state index is 4.02. The summed E-state index contributed by atoms with van der Waals surface area (Å²) in [5.74, 6) is 2.44. The minimum atomic E-state index is 0. The van der Waals surface area contributed by atoms with E-state index in [-0.39, 0.29) is 35.5 Å². The first-order valence-corrected chi connectivity index (χ1v) is 6.35. The average molecular weight is 257 g/mol. The largest absolute Gasteiger partial charge is 2.00 e. The molecule has 0 aromatic heterocycles. The SMILES string of the molecule is [CH2-]C(C)CCCC(C)CCCC(C)C.[Cl-].[Mg+2].